The Kier molecular flexibility index (Phi) is 13.4. The van der Waals surface area contributed by atoms with Crippen molar-refractivity contribution in [3.05, 3.63) is 24.3 Å². The van der Waals surface area contributed by atoms with Crippen LogP contribution in [0.15, 0.2) is 24.3 Å². The van der Waals surface area contributed by atoms with E-state index in [1.165, 1.54) is 38.5 Å². The molecule has 1 aliphatic heterocycles. The van der Waals surface area contributed by atoms with Crippen LogP contribution >= 0.6 is 0 Å². The summed E-state index contributed by atoms with van der Waals surface area (Å²) in [5, 5.41) is 9.13. The van der Waals surface area contributed by atoms with Gasteiger partial charge in [0, 0.05) is 13.0 Å². The van der Waals surface area contributed by atoms with E-state index in [4.69, 9.17) is 5.11 Å². The quantitative estimate of drug-likeness (QED) is 0.286. The minimum absolute atomic E-state index is 0.0191. The lowest BCUT2D eigenvalue weighted by atomic mass is 10.1. The monoisotopic (exact) mass is 377 g/mol. The van der Waals surface area contributed by atoms with Gasteiger partial charge in [-0.3, -0.25) is 4.79 Å². The Balaban J connectivity index is 1.93. The van der Waals surface area contributed by atoms with Gasteiger partial charge in [-0.05, 0) is 51.4 Å². The number of carboxylic acids is 1. The van der Waals surface area contributed by atoms with Crippen LogP contribution in [0.5, 0.6) is 0 Å². The van der Waals surface area contributed by atoms with Crippen LogP contribution in [0, 0.1) is 0 Å². The first-order chi connectivity index (χ1) is 13.2. The van der Waals surface area contributed by atoms with Gasteiger partial charge in [0.1, 0.15) is 6.04 Å². The van der Waals surface area contributed by atoms with E-state index < -0.39 is 12.0 Å². The van der Waals surface area contributed by atoms with Gasteiger partial charge in [-0.15, -0.1) is 0 Å². The van der Waals surface area contributed by atoms with E-state index in [9.17, 15) is 9.59 Å². The number of nitrogens with zero attached hydrogens (tertiary/aromatic N) is 1. The Morgan fingerprint density at radius 2 is 1.56 bits per heavy atom. The lowest BCUT2D eigenvalue weighted by Gasteiger charge is -2.21. The summed E-state index contributed by atoms with van der Waals surface area (Å²) in [5.41, 5.74) is 0. The van der Waals surface area contributed by atoms with Crippen molar-refractivity contribution in [2.24, 2.45) is 0 Å². The summed E-state index contributed by atoms with van der Waals surface area (Å²) in [4.78, 5) is 24.8. The number of carbonyl (C=O) groups excluding carboxylic acids is 1. The number of carboxylic acid groups (broad SMARTS) is 1. The highest BCUT2D eigenvalue weighted by molar-refractivity contribution is 5.84. The van der Waals surface area contributed by atoms with Crippen molar-refractivity contribution in [2.75, 3.05) is 6.54 Å². The molecule has 1 aliphatic rings. The molecule has 154 valence electrons. The number of unbranched alkanes of at least 4 members (excludes halogenated alkanes) is 8. The number of hydrogen-bond donors (Lipinski definition) is 1. The highest BCUT2D eigenvalue weighted by Gasteiger charge is 2.33. The number of hydrogen-bond acceptors (Lipinski definition) is 2. The largest absolute Gasteiger partial charge is 0.480 e. The highest BCUT2D eigenvalue weighted by Crippen LogP contribution is 2.19. The van der Waals surface area contributed by atoms with E-state index in [0.29, 0.717) is 19.4 Å². The standard InChI is InChI=1S/C23H39NO3/c1-2-3-4-5-6-7-8-9-10-11-12-13-14-15-16-19-22(25)24-20-17-18-21(24)23(26)27/h6-7,9-10,21H,2-5,8,11-20H2,1H3,(H,26,27)/b7-6+,10-9+. The van der Waals surface area contributed by atoms with Crippen LogP contribution in [0.3, 0.4) is 0 Å². The van der Waals surface area contributed by atoms with Crippen LogP contribution in [0.1, 0.15) is 96.8 Å². The van der Waals surface area contributed by atoms with E-state index >= 15 is 0 Å². The molecule has 1 N–H and O–H groups in total. The lowest BCUT2D eigenvalue weighted by Crippen LogP contribution is -2.40. The van der Waals surface area contributed by atoms with Crippen LogP contribution in [0.25, 0.3) is 0 Å². The van der Waals surface area contributed by atoms with Crippen molar-refractivity contribution in [3.8, 4) is 0 Å². The predicted octanol–water partition coefficient (Wildman–Crippen LogP) is 5.88. The van der Waals surface area contributed by atoms with E-state index in [1.54, 1.807) is 4.90 Å². The van der Waals surface area contributed by atoms with Crippen LogP contribution in [-0.2, 0) is 9.59 Å². The van der Waals surface area contributed by atoms with Gasteiger partial charge < -0.3 is 10.0 Å². The molecular weight excluding hydrogens is 338 g/mol. The number of carbonyl (C=O) groups is 2. The molecule has 1 heterocycles. The van der Waals surface area contributed by atoms with Crippen LogP contribution in [0.4, 0.5) is 0 Å². The summed E-state index contributed by atoms with van der Waals surface area (Å²) in [6.45, 7) is 2.84. The highest BCUT2D eigenvalue weighted by atomic mass is 16.4. The fraction of sp³-hybridized carbons (Fsp3) is 0.739. The van der Waals surface area contributed by atoms with Crippen molar-refractivity contribution in [1.29, 1.82) is 0 Å². The molecule has 1 fully saturated rings. The molecule has 0 aromatic heterocycles. The normalized spacial score (nSPS) is 17.4. The van der Waals surface area contributed by atoms with Crippen LogP contribution < -0.4 is 0 Å². The third-order valence-corrected chi connectivity index (χ3v) is 5.20. The number of allylic oxidation sites excluding steroid dienone is 4. The Hall–Kier alpha value is -1.58. The van der Waals surface area contributed by atoms with Gasteiger partial charge in [-0.1, -0.05) is 63.3 Å². The van der Waals surface area contributed by atoms with Gasteiger partial charge in [-0.25, -0.2) is 4.79 Å². The molecule has 1 saturated heterocycles. The summed E-state index contributed by atoms with van der Waals surface area (Å²) in [6, 6.07) is -0.588. The zero-order valence-electron chi connectivity index (χ0n) is 17.2. The summed E-state index contributed by atoms with van der Waals surface area (Å²) in [5.74, 6) is -0.841. The molecule has 27 heavy (non-hydrogen) atoms. The summed E-state index contributed by atoms with van der Waals surface area (Å²) in [7, 11) is 0. The van der Waals surface area contributed by atoms with Crippen molar-refractivity contribution >= 4 is 11.9 Å². The van der Waals surface area contributed by atoms with Gasteiger partial charge >= 0.3 is 5.97 Å². The van der Waals surface area contributed by atoms with E-state index in [2.05, 4.69) is 31.2 Å². The average Bonchev–Trinajstić information content (AvgIpc) is 3.15. The Labute approximate surface area is 165 Å². The first kappa shape index (κ1) is 23.5. The fourth-order valence-electron chi connectivity index (χ4n) is 3.55. The summed E-state index contributed by atoms with van der Waals surface area (Å²) in [6.07, 6.45) is 23.8. The molecule has 0 aromatic carbocycles. The molecule has 0 bridgehead atoms. The van der Waals surface area contributed by atoms with Crippen molar-refractivity contribution in [2.45, 2.75) is 103 Å². The minimum atomic E-state index is -0.860. The molecule has 0 saturated carbocycles. The first-order valence-electron chi connectivity index (χ1n) is 11.0. The molecular formula is C23H39NO3. The summed E-state index contributed by atoms with van der Waals surface area (Å²) >= 11 is 0. The van der Waals surface area contributed by atoms with E-state index in [-0.39, 0.29) is 5.91 Å². The second-order valence-corrected chi connectivity index (χ2v) is 7.56. The number of rotatable bonds is 15. The molecule has 4 heteroatoms. The van der Waals surface area contributed by atoms with E-state index in [0.717, 1.165) is 38.5 Å². The zero-order valence-corrected chi connectivity index (χ0v) is 17.2. The lowest BCUT2D eigenvalue weighted by molar-refractivity contribution is -0.148. The molecule has 0 aromatic rings. The van der Waals surface area contributed by atoms with Gasteiger partial charge in [-0.2, -0.15) is 0 Å². The Morgan fingerprint density at radius 3 is 2.22 bits per heavy atom. The van der Waals surface area contributed by atoms with Gasteiger partial charge in [0.25, 0.3) is 0 Å². The smallest absolute Gasteiger partial charge is 0.326 e. The first-order valence-corrected chi connectivity index (χ1v) is 11.0. The second-order valence-electron chi connectivity index (χ2n) is 7.56. The summed E-state index contributed by atoms with van der Waals surface area (Å²) < 4.78 is 0. The molecule has 0 spiro atoms. The maximum absolute atomic E-state index is 12.1. The van der Waals surface area contributed by atoms with Crippen molar-refractivity contribution in [3.63, 3.8) is 0 Å². The minimum Gasteiger partial charge on any atom is -0.480 e. The van der Waals surface area contributed by atoms with Crippen molar-refractivity contribution < 1.29 is 14.7 Å². The molecule has 1 unspecified atom stereocenters. The van der Waals surface area contributed by atoms with Crippen LogP contribution in [-0.4, -0.2) is 34.5 Å². The average molecular weight is 378 g/mol. The molecule has 1 atom stereocenters. The van der Waals surface area contributed by atoms with Crippen molar-refractivity contribution in [1.82, 2.24) is 4.90 Å². The van der Waals surface area contributed by atoms with Crippen LogP contribution in [0.2, 0.25) is 0 Å². The third kappa shape index (κ3) is 11.0. The third-order valence-electron chi connectivity index (χ3n) is 5.20. The second kappa shape index (κ2) is 15.5. The number of likely N-dealkylation sites (tertiary alicyclic amines) is 1. The van der Waals surface area contributed by atoms with Gasteiger partial charge in [0.15, 0.2) is 0 Å². The SMILES string of the molecule is CCCCC/C=C/C/C=C/CCCCCCCC(=O)N1CCCC1C(=O)O. The number of amides is 1. The maximum Gasteiger partial charge on any atom is 0.326 e. The molecule has 0 radical (unpaired) electrons. The molecule has 4 nitrogen and oxygen atoms in total. The molecule has 0 aliphatic carbocycles. The fourth-order valence-corrected chi connectivity index (χ4v) is 3.55. The molecule has 1 amide bonds. The molecule has 1 rings (SSSR count). The maximum atomic E-state index is 12.1. The van der Waals surface area contributed by atoms with Gasteiger partial charge in [0.2, 0.25) is 5.91 Å². The topological polar surface area (TPSA) is 57.6 Å². The Morgan fingerprint density at radius 1 is 0.926 bits per heavy atom. The zero-order chi connectivity index (χ0) is 19.7. The number of aliphatic carboxylic acids is 1. The predicted molar refractivity (Wildman–Crippen MR) is 112 cm³/mol. The van der Waals surface area contributed by atoms with Gasteiger partial charge in [0.05, 0.1) is 0 Å². The Bertz CT molecular complexity index is 470. The van der Waals surface area contributed by atoms with E-state index in [1.807, 2.05) is 0 Å².